The van der Waals surface area contributed by atoms with E-state index in [0.29, 0.717) is 17.4 Å². The first-order valence-electron chi connectivity index (χ1n) is 9.14. The first kappa shape index (κ1) is 21.3. The summed E-state index contributed by atoms with van der Waals surface area (Å²) in [4.78, 5) is 24.1. The van der Waals surface area contributed by atoms with Gasteiger partial charge in [0.25, 0.3) is 0 Å². The molecule has 0 aliphatic rings. The van der Waals surface area contributed by atoms with Crippen LogP contribution in [0, 0.1) is 13.8 Å². The van der Waals surface area contributed by atoms with Crippen molar-refractivity contribution in [1.29, 1.82) is 0 Å². The Labute approximate surface area is 178 Å². The quantitative estimate of drug-likeness (QED) is 0.559. The lowest BCUT2D eigenvalue weighted by Gasteiger charge is -2.09. The van der Waals surface area contributed by atoms with E-state index in [0.717, 1.165) is 34.2 Å². The number of thioether (sulfide) groups is 1. The van der Waals surface area contributed by atoms with Crippen molar-refractivity contribution in [3.63, 3.8) is 0 Å². The average Bonchev–Trinajstić information content (AvgIpc) is 3.16. The Morgan fingerprint density at radius 3 is 2.57 bits per heavy atom. The Morgan fingerprint density at radius 2 is 1.87 bits per heavy atom. The van der Waals surface area contributed by atoms with E-state index in [-0.39, 0.29) is 5.75 Å². The summed E-state index contributed by atoms with van der Waals surface area (Å²) < 4.78 is 6.74. The fourth-order valence-corrected chi connectivity index (χ4v) is 3.25. The van der Waals surface area contributed by atoms with Gasteiger partial charge in [0.1, 0.15) is 5.75 Å². The molecule has 0 unspecified atom stereocenters. The highest BCUT2D eigenvalue weighted by Gasteiger charge is 2.13. The van der Waals surface area contributed by atoms with Crippen molar-refractivity contribution in [2.45, 2.75) is 25.5 Å². The van der Waals surface area contributed by atoms with Crippen LogP contribution in [0.5, 0.6) is 5.75 Å². The molecule has 3 amide bonds. The largest absolute Gasteiger partial charge is 0.497 e. The standard InChI is InChI=1S/C20H22N6O3S/c1-13-4-7-16(10-14(13)2)21-19(28)22-18(27)12-30-20-23-24-25-26(20)11-15-5-8-17(29-3)9-6-15/h4-10H,11-12H2,1-3H3,(H2,21,22,27,28). The molecule has 3 rings (SSSR count). The van der Waals surface area contributed by atoms with Crippen LogP contribution in [0.15, 0.2) is 47.6 Å². The number of rotatable bonds is 7. The molecule has 0 aliphatic carbocycles. The molecule has 2 N–H and O–H groups in total. The number of nitrogens with zero attached hydrogens (tertiary/aromatic N) is 4. The van der Waals surface area contributed by atoms with E-state index >= 15 is 0 Å². The zero-order chi connectivity index (χ0) is 21.5. The number of methoxy groups -OCH3 is 1. The number of carbonyl (C=O) groups is 2. The molecule has 0 radical (unpaired) electrons. The number of imide groups is 1. The molecule has 0 spiro atoms. The molecule has 0 aliphatic heterocycles. The van der Waals surface area contributed by atoms with E-state index in [1.54, 1.807) is 17.9 Å². The highest BCUT2D eigenvalue weighted by molar-refractivity contribution is 7.99. The van der Waals surface area contributed by atoms with Gasteiger partial charge in [0.15, 0.2) is 0 Å². The third-order valence-electron chi connectivity index (χ3n) is 4.34. The van der Waals surface area contributed by atoms with Crippen LogP contribution in [0.4, 0.5) is 10.5 Å². The Kier molecular flexibility index (Phi) is 7.02. The number of anilines is 1. The predicted molar refractivity (Wildman–Crippen MR) is 114 cm³/mol. The summed E-state index contributed by atoms with van der Waals surface area (Å²) in [5.74, 6) is 0.324. The normalized spacial score (nSPS) is 10.5. The molecule has 30 heavy (non-hydrogen) atoms. The van der Waals surface area contributed by atoms with Gasteiger partial charge in [-0.15, -0.1) is 5.10 Å². The number of carbonyl (C=O) groups excluding carboxylic acids is 2. The third-order valence-corrected chi connectivity index (χ3v) is 5.30. The van der Waals surface area contributed by atoms with Gasteiger partial charge in [0, 0.05) is 5.69 Å². The maximum Gasteiger partial charge on any atom is 0.325 e. The maximum absolute atomic E-state index is 12.1. The van der Waals surface area contributed by atoms with Crippen LogP contribution in [-0.4, -0.2) is 45.0 Å². The van der Waals surface area contributed by atoms with E-state index in [2.05, 4.69) is 26.2 Å². The van der Waals surface area contributed by atoms with Gasteiger partial charge in [-0.25, -0.2) is 9.48 Å². The second kappa shape index (κ2) is 9.88. The summed E-state index contributed by atoms with van der Waals surface area (Å²) in [6.07, 6.45) is 0. The molecule has 3 aromatic rings. The lowest BCUT2D eigenvalue weighted by Crippen LogP contribution is -2.35. The summed E-state index contributed by atoms with van der Waals surface area (Å²) >= 11 is 1.15. The number of benzene rings is 2. The molecule has 0 saturated carbocycles. The van der Waals surface area contributed by atoms with E-state index in [1.165, 1.54) is 0 Å². The Morgan fingerprint density at radius 1 is 1.10 bits per heavy atom. The first-order chi connectivity index (χ1) is 14.4. The summed E-state index contributed by atoms with van der Waals surface area (Å²) in [5.41, 5.74) is 3.79. The number of tetrazole rings is 1. The van der Waals surface area contributed by atoms with Crippen LogP contribution >= 0.6 is 11.8 Å². The molecule has 2 aromatic carbocycles. The van der Waals surface area contributed by atoms with Gasteiger partial charge in [-0.3, -0.25) is 10.1 Å². The van der Waals surface area contributed by atoms with Crippen LogP contribution < -0.4 is 15.4 Å². The predicted octanol–water partition coefficient (Wildman–Crippen LogP) is 2.79. The minimum Gasteiger partial charge on any atom is -0.497 e. The van der Waals surface area contributed by atoms with Crippen molar-refractivity contribution in [3.05, 3.63) is 59.2 Å². The molecule has 1 aromatic heterocycles. The van der Waals surface area contributed by atoms with Crippen LogP contribution in [0.2, 0.25) is 0 Å². The van der Waals surface area contributed by atoms with Gasteiger partial charge in [0.05, 0.1) is 19.4 Å². The second-order valence-corrected chi connectivity index (χ2v) is 7.50. The first-order valence-corrected chi connectivity index (χ1v) is 10.1. The SMILES string of the molecule is COc1ccc(Cn2nnnc2SCC(=O)NC(=O)Nc2ccc(C)c(C)c2)cc1. The van der Waals surface area contributed by atoms with Crippen molar-refractivity contribution in [2.75, 3.05) is 18.2 Å². The van der Waals surface area contributed by atoms with E-state index < -0.39 is 11.9 Å². The molecule has 0 fully saturated rings. The Hall–Kier alpha value is -3.40. The maximum atomic E-state index is 12.1. The van der Waals surface area contributed by atoms with E-state index in [9.17, 15) is 9.59 Å². The number of aromatic nitrogens is 4. The molecule has 0 bridgehead atoms. The lowest BCUT2D eigenvalue weighted by atomic mass is 10.1. The van der Waals surface area contributed by atoms with Crippen LogP contribution in [0.25, 0.3) is 0 Å². The molecule has 0 saturated heterocycles. The fraction of sp³-hybridized carbons (Fsp3) is 0.250. The summed E-state index contributed by atoms with van der Waals surface area (Å²) in [7, 11) is 1.61. The zero-order valence-corrected chi connectivity index (χ0v) is 17.7. The zero-order valence-electron chi connectivity index (χ0n) is 16.9. The number of nitrogens with one attached hydrogen (secondary N) is 2. The van der Waals surface area contributed by atoms with Crippen molar-refractivity contribution in [1.82, 2.24) is 25.5 Å². The molecule has 0 atom stereocenters. The molecule has 9 nitrogen and oxygen atoms in total. The van der Waals surface area contributed by atoms with Gasteiger partial charge in [-0.05, 0) is 65.2 Å². The number of hydrogen-bond donors (Lipinski definition) is 2. The van der Waals surface area contributed by atoms with Crippen LogP contribution in [0.3, 0.4) is 0 Å². The van der Waals surface area contributed by atoms with Crippen molar-refractivity contribution >= 4 is 29.4 Å². The van der Waals surface area contributed by atoms with Gasteiger partial charge < -0.3 is 10.1 Å². The molecule has 156 valence electrons. The summed E-state index contributed by atoms with van der Waals surface area (Å²) in [6.45, 7) is 4.40. The summed E-state index contributed by atoms with van der Waals surface area (Å²) in [6, 6.07) is 12.5. The number of urea groups is 1. The minimum atomic E-state index is -0.582. The fourth-order valence-electron chi connectivity index (χ4n) is 2.58. The number of amides is 3. The highest BCUT2D eigenvalue weighted by atomic mass is 32.2. The minimum absolute atomic E-state index is 0.00331. The monoisotopic (exact) mass is 426 g/mol. The van der Waals surface area contributed by atoms with Gasteiger partial charge >= 0.3 is 6.03 Å². The smallest absolute Gasteiger partial charge is 0.325 e. The van der Waals surface area contributed by atoms with Crippen molar-refractivity contribution in [2.24, 2.45) is 0 Å². The molecular formula is C20H22N6O3S. The molecule has 1 heterocycles. The highest BCUT2D eigenvalue weighted by Crippen LogP contribution is 2.17. The third kappa shape index (κ3) is 5.80. The number of ether oxygens (including phenoxy) is 1. The van der Waals surface area contributed by atoms with E-state index in [4.69, 9.17) is 4.74 Å². The molecular weight excluding hydrogens is 404 g/mol. The average molecular weight is 427 g/mol. The van der Waals surface area contributed by atoms with Gasteiger partial charge in [0.2, 0.25) is 11.1 Å². The summed E-state index contributed by atoms with van der Waals surface area (Å²) in [5, 5.41) is 17.0. The number of aryl methyl sites for hydroxylation is 2. The number of hydrogen-bond acceptors (Lipinski definition) is 7. The van der Waals surface area contributed by atoms with Crippen molar-refractivity contribution in [3.8, 4) is 5.75 Å². The van der Waals surface area contributed by atoms with Crippen LogP contribution in [-0.2, 0) is 11.3 Å². The van der Waals surface area contributed by atoms with Gasteiger partial charge in [-0.2, -0.15) is 0 Å². The Balaban J connectivity index is 1.50. The Bertz CT molecular complexity index is 1040. The van der Waals surface area contributed by atoms with E-state index in [1.807, 2.05) is 50.2 Å². The van der Waals surface area contributed by atoms with Crippen LogP contribution in [0.1, 0.15) is 16.7 Å². The lowest BCUT2D eigenvalue weighted by molar-refractivity contribution is -0.117. The van der Waals surface area contributed by atoms with Crippen molar-refractivity contribution < 1.29 is 14.3 Å². The second-order valence-electron chi connectivity index (χ2n) is 6.56. The molecule has 10 heteroatoms. The van der Waals surface area contributed by atoms with Gasteiger partial charge in [-0.1, -0.05) is 30.0 Å². The topological polar surface area (TPSA) is 111 Å².